The average Bonchev–Trinajstić information content (AvgIpc) is 3.48. The van der Waals surface area contributed by atoms with Gasteiger partial charge in [0.1, 0.15) is 35.3 Å². The molecule has 0 saturated carbocycles. The molecule has 39 heavy (non-hydrogen) atoms. The molecular weight excluding hydrogens is 539 g/mol. The van der Waals surface area contributed by atoms with Gasteiger partial charge in [-0.2, -0.15) is 0 Å². The second-order valence-electron chi connectivity index (χ2n) is 10.3. The van der Waals surface area contributed by atoms with Crippen molar-refractivity contribution in [3.8, 4) is 33.8 Å². The quantitative estimate of drug-likeness (QED) is 0.256. The van der Waals surface area contributed by atoms with Crippen LogP contribution < -0.4 is 14.8 Å². The largest absolute Gasteiger partial charge is 0.488 e. The van der Waals surface area contributed by atoms with Crippen LogP contribution >= 0.6 is 23.2 Å². The minimum atomic E-state index is -0.295. The van der Waals surface area contributed by atoms with Crippen molar-refractivity contribution >= 4 is 23.2 Å². The predicted octanol–water partition coefficient (Wildman–Crippen LogP) is 8.12. The summed E-state index contributed by atoms with van der Waals surface area (Å²) in [4.78, 5) is 0. The predicted molar refractivity (Wildman–Crippen MR) is 152 cm³/mol. The molecule has 200 valence electrons. The van der Waals surface area contributed by atoms with Crippen LogP contribution in [0.2, 0.25) is 10.0 Å². The van der Waals surface area contributed by atoms with Gasteiger partial charge in [0.2, 0.25) is 0 Å². The molecule has 2 atom stereocenters. The zero-order valence-corrected chi connectivity index (χ0v) is 23.1. The summed E-state index contributed by atoms with van der Waals surface area (Å²) in [5.74, 6) is 0.841. The smallest absolute Gasteiger partial charge is 0.131 e. The Kier molecular flexibility index (Phi) is 7.00. The summed E-state index contributed by atoms with van der Waals surface area (Å²) >= 11 is 12.4. The summed E-state index contributed by atoms with van der Waals surface area (Å²) in [7, 11) is 0. The van der Waals surface area contributed by atoms with Crippen molar-refractivity contribution in [3.63, 3.8) is 0 Å². The number of rotatable bonds is 6. The number of aryl methyl sites for hydroxylation is 2. The van der Waals surface area contributed by atoms with E-state index in [-0.39, 0.29) is 23.8 Å². The molecule has 1 N–H and O–H groups in total. The highest BCUT2D eigenvalue weighted by molar-refractivity contribution is 6.31. The van der Waals surface area contributed by atoms with Crippen LogP contribution in [0.15, 0.2) is 60.7 Å². The molecule has 0 amide bonds. The molecular formula is C32H27Cl2F2NO2. The SMILES string of the molecule is Cc1cc(Cl)ccc1-c1cc(F)cc2c1O[C@@H](CNC[C@H]1Cc3cc(F)cc(-c4cc(Cl)ccc4C)c3O1)C2. The maximum atomic E-state index is 14.5. The highest BCUT2D eigenvalue weighted by Crippen LogP contribution is 2.43. The van der Waals surface area contributed by atoms with Crippen LogP contribution in [-0.2, 0) is 12.8 Å². The van der Waals surface area contributed by atoms with Gasteiger partial charge in [-0.3, -0.25) is 0 Å². The summed E-state index contributed by atoms with van der Waals surface area (Å²) in [6.07, 6.45) is 0.922. The van der Waals surface area contributed by atoms with Gasteiger partial charge in [0, 0.05) is 58.2 Å². The maximum absolute atomic E-state index is 14.5. The van der Waals surface area contributed by atoms with Crippen molar-refractivity contribution in [2.45, 2.75) is 38.9 Å². The fourth-order valence-electron chi connectivity index (χ4n) is 5.64. The van der Waals surface area contributed by atoms with Gasteiger partial charge in [0.15, 0.2) is 0 Å². The zero-order chi connectivity index (χ0) is 27.3. The second-order valence-corrected chi connectivity index (χ2v) is 11.2. The van der Waals surface area contributed by atoms with E-state index >= 15 is 0 Å². The molecule has 3 nitrogen and oxygen atoms in total. The summed E-state index contributed by atoms with van der Waals surface area (Å²) in [5.41, 5.74) is 6.88. The highest BCUT2D eigenvalue weighted by Gasteiger charge is 2.30. The Morgan fingerprint density at radius 2 is 1.21 bits per heavy atom. The van der Waals surface area contributed by atoms with E-state index < -0.39 is 0 Å². The molecule has 7 heteroatoms. The minimum Gasteiger partial charge on any atom is -0.488 e. The van der Waals surface area contributed by atoms with Crippen molar-refractivity contribution < 1.29 is 18.3 Å². The van der Waals surface area contributed by atoms with Gasteiger partial charge in [-0.25, -0.2) is 8.78 Å². The summed E-state index contributed by atoms with van der Waals surface area (Å²) in [6.45, 7) is 5.07. The number of ether oxygens (including phenoxy) is 2. The molecule has 0 radical (unpaired) electrons. The topological polar surface area (TPSA) is 30.5 Å². The fourth-order valence-corrected chi connectivity index (χ4v) is 6.03. The number of nitrogens with one attached hydrogen (secondary N) is 1. The molecule has 6 rings (SSSR count). The first kappa shape index (κ1) is 26.1. The Bertz CT molecular complexity index is 1590. The van der Waals surface area contributed by atoms with Crippen molar-refractivity contribution in [2.24, 2.45) is 0 Å². The number of hydrogen-bond donors (Lipinski definition) is 1. The van der Waals surface area contributed by atoms with Crippen molar-refractivity contribution in [1.82, 2.24) is 5.32 Å². The number of benzene rings is 4. The third kappa shape index (κ3) is 5.23. The van der Waals surface area contributed by atoms with Crippen molar-refractivity contribution in [1.29, 1.82) is 0 Å². The number of halogens is 4. The lowest BCUT2D eigenvalue weighted by Crippen LogP contribution is -2.36. The van der Waals surface area contributed by atoms with Crippen LogP contribution in [0.1, 0.15) is 22.3 Å². The van der Waals surface area contributed by atoms with Crippen LogP contribution in [0.3, 0.4) is 0 Å². The summed E-state index contributed by atoms with van der Waals surface area (Å²) in [5, 5.41) is 4.68. The van der Waals surface area contributed by atoms with Crippen LogP contribution in [0, 0.1) is 25.5 Å². The van der Waals surface area contributed by atoms with Crippen molar-refractivity contribution in [3.05, 3.63) is 105 Å². The van der Waals surface area contributed by atoms with E-state index in [2.05, 4.69) is 5.32 Å². The van der Waals surface area contributed by atoms with Crippen LogP contribution in [0.5, 0.6) is 11.5 Å². The lowest BCUT2D eigenvalue weighted by Gasteiger charge is -2.17. The van der Waals surface area contributed by atoms with E-state index in [9.17, 15) is 8.78 Å². The fraction of sp³-hybridized carbons (Fsp3) is 0.250. The van der Waals surface area contributed by atoms with E-state index in [4.69, 9.17) is 32.7 Å². The van der Waals surface area contributed by atoms with Crippen LogP contribution in [0.25, 0.3) is 22.3 Å². The number of hydrogen-bond acceptors (Lipinski definition) is 3. The van der Waals surface area contributed by atoms with E-state index in [1.165, 1.54) is 12.1 Å². The normalized spacial score (nSPS) is 17.5. The van der Waals surface area contributed by atoms with E-state index in [1.807, 2.05) is 44.2 Å². The van der Waals surface area contributed by atoms with Gasteiger partial charge in [0.05, 0.1) is 0 Å². The van der Waals surface area contributed by atoms with Gasteiger partial charge in [0.25, 0.3) is 0 Å². The van der Waals surface area contributed by atoms with E-state index in [1.54, 1.807) is 18.2 Å². The molecule has 0 aromatic heterocycles. The molecule has 0 saturated heterocycles. The molecule has 0 fully saturated rings. The monoisotopic (exact) mass is 565 g/mol. The second kappa shape index (κ2) is 10.5. The average molecular weight is 566 g/mol. The minimum absolute atomic E-state index is 0.140. The van der Waals surface area contributed by atoms with Gasteiger partial charge in [-0.15, -0.1) is 0 Å². The first-order chi connectivity index (χ1) is 18.7. The highest BCUT2D eigenvalue weighted by atomic mass is 35.5. The molecule has 0 unspecified atom stereocenters. The molecule has 2 aliphatic heterocycles. The van der Waals surface area contributed by atoms with Gasteiger partial charge < -0.3 is 14.8 Å². The Labute approximate surface area is 236 Å². The Morgan fingerprint density at radius 3 is 1.79 bits per heavy atom. The lowest BCUT2D eigenvalue weighted by atomic mass is 9.97. The third-order valence-electron chi connectivity index (χ3n) is 7.44. The van der Waals surface area contributed by atoms with Crippen LogP contribution in [0.4, 0.5) is 8.78 Å². The Morgan fingerprint density at radius 1 is 0.667 bits per heavy atom. The molecule has 0 aliphatic carbocycles. The number of fused-ring (bicyclic) bond motifs is 2. The standard InChI is InChI=1S/C32H27Cl2F2NO2/c1-17-3-4-22(34)12-28(17)30-14-24(36)9-20-11-26(39-32(20)30)16-37-15-25-10-19-8-23(35)13-29(31(19)38-25)27-6-5-21(33)7-18(27)2/h3-9,12-14,25-26,37H,10-11,15-16H2,1-2H3/t25-,26-/m1/s1. The van der Waals surface area contributed by atoms with E-state index in [0.717, 1.165) is 44.7 Å². The van der Waals surface area contributed by atoms with Gasteiger partial charge in [-0.1, -0.05) is 35.3 Å². The Hall–Kier alpha value is -3.12. The van der Waals surface area contributed by atoms with Gasteiger partial charge >= 0.3 is 0 Å². The zero-order valence-electron chi connectivity index (χ0n) is 21.6. The molecule has 0 spiro atoms. The molecule has 4 aromatic rings. The van der Waals surface area contributed by atoms with Gasteiger partial charge in [-0.05, 0) is 84.6 Å². The first-order valence-electron chi connectivity index (χ1n) is 13.0. The van der Waals surface area contributed by atoms with Crippen LogP contribution in [-0.4, -0.2) is 25.3 Å². The summed E-state index contributed by atoms with van der Waals surface area (Å²) < 4.78 is 41.7. The first-order valence-corrected chi connectivity index (χ1v) is 13.7. The molecule has 2 aliphatic rings. The summed E-state index contributed by atoms with van der Waals surface area (Å²) in [6, 6.07) is 17.3. The third-order valence-corrected chi connectivity index (χ3v) is 7.91. The molecule has 0 bridgehead atoms. The molecule has 4 aromatic carbocycles. The van der Waals surface area contributed by atoms with Crippen molar-refractivity contribution in [2.75, 3.05) is 13.1 Å². The lowest BCUT2D eigenvalue weighted by molar-refractivity contribution is 0.200. The Balaban J connectivity index is 1.13. The van der Waals surface area contributed by atoms with E-state index in [0.29, 0.717) is 47.3 Å². The maximum Gasteiger partial charge on any atom is 0.131 e. The molecule has 2 heterocycles.